The molecule has 4 heterocycles. The van der Waals surface area contributed by atoms with Crippen LogP contribution < -0.4 is 5.56 Å². The van der Waals surface area contributed by atoms with Crippen LogP contribution in [-0.4, -0.2) is 31.1 Å². The Morgan fingerprint density at radius 3 is 2.63 bits per heavy atom. The predicted molar refractivity (Wildman–Crippen MR) is 154 cm³/mol. The van der Waals surface area contributed by atoms with Crippen molar-refractivity contribution in [1.82, 2.24) is 19.6 Å². The molecule has 4 aromatic rings. The molecule has 2 aromatic carbocycles. The van der Waals surface area contributed by atoms with Crippen molar-refractivity contribution in [3.63, 3.8) is 0 Å². The Hall–Kier alpha value is -4.31. The molecule has 3 atom stereocenters. The smallest absolute Gasteiger partial charge is 0.283 e. The number of rotatable bonds is 5. The maximum Gasteiger partial charge on any atom is 0.283 e. The molecule has 0 saturated heterocycles. The molecule has 2 aromatic heterocycles. The van der Waals surface area contributed by atoms with Crippen LogP contribution in [0.4, 0.5) is 13.2 Å². The molecule has 0 spiro atoms. The Kier molecular flexibility index (Phi) is 5.88. The summed E-state index contributed by atoms with van der Waals surface area (Å²) in [5.74, 6) is -0.0356. The minimum atomic E-state index is -2.77. The fraction of sp³-hybridized carbons (Fsp3) is 0.281. The lowest BCUT2D eigenvalue weighted by Crippen LogP contribution is -2.29. The van der Waals surface area contributed by atoms with Crippen LogP contribution >= 0.6 is 11.6 Å². The van der Waals surface area contributed by atoms with Crippen molar-refractivity contribution >= 4 is 28.7 Å². The van der Waals surface area contributed by atoms with E-state index in [0.717, 1.165) is 35.0 Å². The zero-order valence-electron chi connectivity index (χ0n) is 22.6. The molecule has 2 aliphatic heterocycles. The van der Waals surface area contributed by atoms with Crippen LogP contribution in [0, 0.1) is 5.92 Å². The molecule has 2 aliphatic carbocycles. The highest BCUT2D eigenvalue weighted by molar-refractivity contribution is 6.31. The number of hydrogen-bond acceptors (Lipinski definition) is 5. The molecule has 43 heavy (non-hydrogen) atoms. The summed E-state index contributed by atoms with van der Waals surface area (Å²) >= 11 is 6.32. The average molecular weight is 602 g/mol. The number of halogens is 4. The summed E-state index contributed by atoms with van der Waals surface area (Å²) in [6, 6.07) is 13.8. The van der Waals surface area contributed by atoms with Crippen molar-refractivity contribution in [1.29, 1.82) is 0 Å². The Morgan fingerprint density at radius 1 is 0.953 bits per heavy atom. The highest BCUT2D eigenvalue weighted by Crippen LogP contribution is 2.60. The number of aryl methyl sites for hydroxylation is 1. The molecule has 0 bridgehead atoms. The average Bonchev–Trinajstić information content (AvgIpc) is 3.28. The minimum Gasteiger partial charge on any atom is -0.303 e. The van der Waals surface area contributed by atoms with Crippen molar-refractivity contribution in [2.24, 2.45) is 10.9 Å². The maximum atomic E-state index is 15.3. The van der Waals surface area contributed by atoms with E-state index in [9.17, 15) is 18.4 Å². The van der Waals surface area contributed by atoms with Crippen LogP contribution in [0.15, 0.2) is 70.5 Å². The van der Waals surface area contributed by atoms with E-state index in [1.165, 1.54) is 10.7 Å². The number of nitrogens with zero attached hydrogens (tertiary/aromatic N) is 5. The van der Waals surface area contributed by atoms with Crippen LogP contribution in [0.1, 0.15) is 65.7 Å². The second-order valence-corrected chi connectivity index (χ2v) is 12.1. The summed E-state index contributed by atoms with van der Waals surface area (Å²) in [6.07, 6.45) is 1.12. The van der Waals surface area contributed by atoms with E-state index in [1.807, 2.05) is 24.3 Å². The normalized spacial score (nSPS) is 22.1. The van der Waals surface area contributed by atoms with Gasteiger partial charge in [0.05, 0.1) is 17.9 Å². The number of Topliss-reactive ketones (excluding diaryl/α,β-unsaturated/α-hetero) is 1. The van der Waals surface area contributed by atoms with Crippen molar-refractivity contribution < 1.29 is 18.0 Å². The monoisotopic (exact) mass is 601 g/mol. The molecular weight excluding hydrogens is 579 g/mol. The topological polar surface area (TPSA) is 82.1 Å². The third-order valence-corrected chi connectivity index (χ3v) is 9.29. The van der Waals surface area contributed by atoms with E-state index < -0.39 is 18.1 Å². The van der Waals surface area contributed by atoms with Crippen LogP contribution in [0.5, 0.6) is 0 Å². The first-order chi connectivity index (χ1) is 20.7. The van der Waals surface area contributed by atoms with Gasteiger partial charge in [-0.25, -0.2) is 18.5 Å². The van der Waals surface area contributed by atoms with Crippen LogP contribution in [0.2, 0.25) is 5.02 Å². The summed E-state index contributed by atoms with van der Waals surface area (Å²) in [6.45, 7) is 0. The first-order valence-electron chi connectivity index (χ1n) is 14.1. The second kappa shape index (κ2) is 9.60. The molecule has 0 unspecified atom stereocenters. The Labute approximate surface area is 248 Å². The first-order valence-corrected chi connectivity index (χ1v) is 14.5. The summed E-state index contributed by atoms with van der Waals surface area (Å²) in [5.41, 5.74) is 5.69. The van der Waals surface area contributed by atoms with Gasteiger partial charge in [0.25, 0.3) is 12.0 Å². The maximum absolute atomic E-state index is 15.3. The van der Waals surface area contributed by atoms with Crippen LogP contribution in [0.3, 0.4) is 0 Å². The highest BCUT2D eigenvalue weighted by Gasteiger charge is 2.55. The number of benzene rings is 2. The Balaban J connectivity index is 1.12. The van der Waals surface area contributed by atoms with E-state index >= 15 is 4.39 Å². The number of ketones is 1. The van der Waals surface area contributed by atoms with Gasteiger partial charge in [-0.15, -0.1) is 5.10 Å². The quantitative estimate of drug-likeness (QED) is 0.242. The lowest BCUT2D eigenvalue weighted by molar-refractivity contribution is -0.118. The number of alkyl halides is 2. The molecule has 0 amide bonds. The molecular formula is C32H23ClF3N5O2. The minimum absolute atomic E-state index is 0.133. The molecule has 11 heteroatoms. The van der Waals surface area contributed by atoms with Gasteiger partial charge in [-0.1, -0.05) is 35.0 Å². The van der Waals surface area contributed by atoms with Crippen molar-refractivity contribution in [2.75, 3.05) is 0 Å². The van der Waals surface area contributed by atoms with E-state index in [1.54, 1.807) is 22.8 Å². The molecule has 0 N–H and O–H groups in total. The van der Waals surface area contributed by atoms with Gasteiger partial charge in [0.2, 0.25) is 5.95 Å². The lowest BCUT2D eigenvalue weighted by atomic mass is 9.87. The predicted octanol–water partition coefficient (Wildman–Crippen LogP) is 6.59. The lowest BCUT2D eigenvalue weighted by Gasteiger charge is -2.20. The third kappa shape index (κ3) is 4.30. The van der Waals surface area contributed by atoms with Crippen LogP contribution in [-0.2, 0) is 17.6 Å². The number of aliphatic imine (C=N–C) groups is 1. The summed E-state index contributed by atoms with van der Waals surface area (Å²) < 4.78 is 44.7. The number of allylic oxidation sites excluding steroid dienone is 1. The fourth-order valence-electron chi connectivity index (χ4n) is 6.94. The van der Waals surface area contributed by atoms with Gasteiger partial charge in [-0.05, 0) is 65.3 Å². The van der Waals surface area contributed by atoms with E-state index in [4.69, 9.17) is 11.6 Å². The number of carbonyl (C=O) groups is 1. The van der Waals surface area contributed by atoms with E-state index in [2.05, 4.69) is 15.3 Å². The number of fused-ring (bicyclic) bond motifs is 4. The molecule has 0 radical (unpaired) electrons. The third-order valence-electron chi connectivity index (χ3n) is 9.06. The van der Waals surface area contributed by atoms with Gasteiger partial charge >= 0.3 is 0 Å². The Bertz CT molecular complexity index is 1990. The molecule has 7 nitrogen and oxygen atoms in total. The highest BCUT2D eigenvalue weighted by atomic mass is 35.5. The molecule has 216 valence electrons. The zero-order valence-corrected chi connectivity index (χ0v) is 23.4. The zero-order chi connectivity index (χ0) is 29.6. The second-order valence-electron chi connectivity index (χ2n) is 11.6. The van der Waals surface area contributed by atoms with Gasteiger partial charge in [0.1, 0.15) is 11.5 Å². The summed E-state index contributed by atoms with van der Waals surface area (Å²) in [7, 11) is 0. The molecule has 4 aliphatic rings. The summed E-state index contributed by atoms with van der Waals surface area (Å²) in [5, 5.41) is 7.84. The molecule has 1 fully saturated rings. The summed E-state index contributed by atoms with van der Waals surface area (Å²) in [4.78, 5) is 29.9. The van der Waals surface area contributed by atoms with Crippen molar-refractivity contribution in [2.45, 2.75) is 50.5 Å². The van der Waals surface area contributed by atoms with Gasteiger partial charge in [-0.3, -0.25) is 9.59 Å². The SMILES string of the molecule is O=C1CCc2cc(C3=C(F)N=C([C@@H]4[C@H]5C[C@H]5c5cc(-c6cc(Cl)ccc6-n6cc(C(F)F)nn6)cc(=O)n54)C3)ccc2C1. The van der Waals surface area contributed by atoms with Crippen molar-refractivity contribution in [3.05, 3.63) is 104 Å². The largest absolute Gasteiger partial charge is 0.303 e. The Morgan fingerprint density at radius 2 is 1.81 bits per heavy atom. The number of pyridine rings is 1. The van der Waals surface area contributed by atoms with Gasteiger partial charge in [-0.2, -0.15) is 4.39 Å². The van der Waals surface area contributed by atoms with Gasteiger partial charge in [0.15, 0.2) is 0 Å². The van der Waals surface area contributed by atoms with Gasteiger partial charge in [0, 0.05) is 58.8 Å². The molecule has 1 saturated carbocycles. The number of carbonyl (C=O) groups excluding carboxylic acids is 1. The number of hydrogen-bond donors (Lipinski definition) is 0. The van der Waals surface area contributed by atoms with Crippen molar-refractivity contribution in [3.8, 4) is 16.8 Å². The van der Waals surface area contributed by atoms with E-state index in [-0.39, 0.29) is 29.2 Å². The van der Waals surface area contributed by atoms with Crippen LogP contribution in [0.25, 0.3) is 22.4 Å². The molecule has 8 rings (SSSR count). The van der Waals surface area contributed by atoms with E-state index in [0.29, 0.717) is 58.8 Å². The number of aromatic nitrogens is 4. The first kappa shape index (κ1) is 26.3. The van der Waals surface area contributed by atoms with Gasteiger partial charge < -0.3 is 4.57 Å². The fourth-order valence-corrected chi connectivity index (χ4v) is 7.11. The standard InChI is InChI=1S/C32H23ClF3N5O2/c33-19-4-6-27(40-14-26(31(34)35)38-39-40)21(11-19)18-9-28-23-12-24(23)30(41(28)29(43)10-18)25-13-22(32(36)37-25)17-2-1-16-8-20(42)5-3-15(16)7-17/h1-2,4,6-7,9-11,14,23-24,30-31H,3,5,8,12-13H2/t23-,24+,30+/m1/s1.